The molecule has 0 amide bonds. The number of hydrogen-bond donors (Lipinski definition) is 0. The largest absolute Gasteiger partial charge is 0.419 e. The third kappa shape index (κ3) is 2.23. The highest BCUT2D eigenvalue weighted by Gasteiger charge is 2.37. The second-order valence-corrected chi connectivity index (χ2v) is 2.73. The van der Waals surface area contributed by atoms with Crippen LogP contribution in [0.15, 0.2) is 30.9 Å². The average Bonchev–Trinajstić information content (AvgIpc) is 2.14. The lowest BCUT2D eigenvalue weighted by Crippen LogP contribution is -2.14. The molecule has 1 aromatic rings. The third-order valence-corrected chi connectivity index (χ3v) is 1.75. The molecule has 1 rings (SSSR count). The molecule has 0 N–H and O–H groups in total. The Labute approximate surface area is 83.0 Å². The van der Waals surface area contributed by atoms with Gasteiger partial charge in [-0.05, 0) is 12.1 Å². The summed E-state index contributed by atoms with van der Waals surface area (Å²) in [4.78, 5) is 11.0. The molecule has 0 fully saturated rings. The highest BCUT2D eigenvalue weighted by molar-refractivity contribution is 6.05. The van der Waals surface area contributed by atoms with Gasteiger partial charge in [-0.15, -0.1) is 0 Å². The summed E-state index contributed by atoms with van der Waals surface area (Å²) >= 11 is 0. The topological polar surface area (TPSA) is 17.1 Å². The standard InChI is InChI=1S/C10H6F4O/c1-2-8(15)6-4-3-5-7(11)9(6)10(12,13)14/h2-5H,1H2. The van der Waals surface area contributed by atoms with Crippen molar-refractivity contribution in [2.24, 2.45) is 0 Å². The number of carbonyl (C=O) groups is 1. The highest BCUT2D eigenvalue weighted by atomic mass is 19.4. The van der Waals surface area contributed by atoms with Crippen LogP contribution in [0.4, 0.5) is 17.6 Å². The average molecular weight is 218 g/mol. The van der Waals surface area contributed by atoms with E-state index >= 15 is 0 Å². The van der Waals surface area contributed by atoms with Crippen LogP contribution in [0.5, 0.6) is 0 Å². The number of rotatable bonds is 2. The highest BCUT2D eigenvalue weighted by Crippen LogP contribution is 2.34. The number of hydrogen-bond acceptors (Lipinski definition) is 1. The molecule has 0 radical (unpaired) electrons. The first-order valence-corrected chi connectivity index (χ1v) is 3.90. The van der Waals surface area contributed by atoms with Crippen LogP contribution in [0.25, 0.3) is 0 Å². The Morgan fingerprint density at radius 2 is 1.93 bits per heavy atom. The van der Waals surface area contributed by atoms with Crippen molar-refractivity contribution in [2.75, 3.05) is 0 Å². The minimum Gasteiger partial charge on any atom is -0.289 e. The summed E-state index contributed by atoms with van der Waals surface area (Å²) in [5.41, 5.74) is -2.27. The van der Waals surface area contributed by atoms with Gasteiger partial charge in [-0.3, -0.25) is 4.79 Å². The van der Waals surface area contributed by atoms with E-state index in [0.29, 0.717) is 12.1 Å². The van der Waals surface area contributed by atoms with E-state index in [1.807, 2.05) is 0 Å². The van der Waals surface area contributed by atoms with Crippen LogP contribution in [0.2, 0.25) is 0 Å². The molecule has 0 aromatic heterocycles. The van der Waals surface area contributed by atoms with Gasteiger partial charge >= 0.3 is 6.18 Å². The van der Waals surface area contributed by atoms with E-state index in [2.05, 4.69) is 6.58 Å². The minimum atomic E-state index is -4.89. The molecule has 0 bridgehead atoms. The van der Waals surface area contributed by atoms with E-state index in [9.17, 15) is 22.4 Å². The van der Waals surface area contributed by atoms with Crippen LogP contribution < -0.4 is 0 Å². The van der Waals surface area contributed by atoms with Crippen molar-refractivity contribution in [3.05, 3.63) is 47.8 Å². The first kappa shape index (κ1) is 11.4. The van der Waals surface area contributed by atoms with Crippen LogP contribution >= 0.6 is 0 Å². The Balaban J connectivity index is 3.46. The van der Waals surface area contributed by atoms with Crippen LogP contribution in [0.1, 0.15) is 15.9 Å². The van der Waals surface area contributed by atoms with Crippen molar-refractivity contribution in [3.63, 3.8) is 0 Å². The molecule has 0 saturated carbocycles. The van der Waals surface area contributed by atoms with Crippen molar-refractivity contribution >= 4 is 5.78 Å². The van der Waals surface area contributed by atoms with E-state index in [-0.39, 0.29) is 0 Å². The summed E-state index contributed by atoms with van der Waals surface area (Å²) in [5, 5.41) is 0. The van der Waals surface area contributed by atoms with Crippen molar-refractivity contribution < 1.29 is 22.4 Å². The van der Waals surface area contributed by atoms with Crippen molar-refractivity contribution in [2.45, 2.75) is 6.18 Å². The number of alkyl halides is 3. The fourth-order valence-electron chi connectivity index (χ4n) is 1.13. The van der Waals surface area contributed by atoms with E-state index < -0.39 is 28.9 Å². The van der Waals surface area contributed by atoms with Gasteiger partial charge < -0.3 is 0 Å². The molecule has 5 heteroatoms. The van der Waals surface area contributed by atoms with Gasteiger partial charge in [-0.25, -0.2) is 4.39 Å². The SMILES string of the molecule is C=CC(=O)c1cccc(F)c1C(F)(F)F. The molecule has 0 atom stereocenters. The molecule has 0 spiro atoms. The predicted octanol–water partition coefficient (Wildman–Crippen LogP) is 3.21. The number of carbonyl (C=O) groups excluding carboxylic acids is 1. The number of benzene rings is 1. The number of ketones is 1. The van der Waals surface area contributed by atoms with E-state index in [1.165, 1.54) is 0 Å². The molecule has 0 saturated heterocycles. The lowest BCUT2D eigenvalue weighted by Gasteiger charge is -2.11. The quantitative estimate of drug-likeness (QED) is 0.423. The monoisotopic (exact) mass is 218 g/mol. The van der Waals surface area contributed by atoms with Gasteiger partial charge in [0.05, 0.1) is 0 Å². The number of halogens is 4. The molecule has 0 aliphatic carbocycles. The van der Waals surface area contributed by atoms with Crippen LogP contribution in [0, 0.1) is 5.82 Å². The van der Waals surface area contributed by atoms with Gasteiger partial charge in [0.25, 0.3) is 0 Å². The predicted molar refractivity (Wildman–Crippen MR) is 45.9 cm³/mol. The van der Waals surface area contributed by atoms with Crippen molar-refractivity contribution in [1.29, 1.82) is 0 Å². The molecule has 1 aromatic carbocycles. The zero-order chi connectivity index (χ0) is 11.6. The third-order valence-electron chi connectivity index (χ3n) is 1.75. The van der Waals surface area contributed by atoms with Gasteiger partial charge in [0.2, 0.25) is 0 Å². The van der Waals surface area contributed by atoms with E-state index in [0.717, 1.165) is 12.1 Å². The number of allylic oxidation sites excluding steroid dienone is 1. The summed E-state index contributed by atoms with van der Waals surface area (Å²) in [6.07, 6.45) is -4.18. The summed E-state index contributed by atoms with van der Waals surface area (Å²) in [6, 6.07) is 2.61. The molecule has 1 nitrogen and oxygen atoms in total. The van der Waals surface area contributed by atoms with Gasteiger partial charge in [0, 0.05) is 5.56 Å². The summed E-state index contributed by atoms with van der Waals surface area (Å²) in [6.45, 7) is 3.05. The molecular formula is C10H6F4O. The minimum absolute atomic E-state index is 0.655. The lowest BCUT2D eigenvalue weighted by molar-refractivity contribution is -0.140. The van der Waals surface area contributed by atoms with Crippen molar-refractivity contribution in [1.82, 2.24) is 0 Å². The molecule has 0 heterocycles. The van der Waals surface area contributed by atoms with Crippen LogP contribution in [-0.2, 0) is 6.18 Å². The van der Waals surface area contributed by atoms with Gasteiger partial charge in [-0.2, -0.15) is 13.2 Å². The Bertz CT molecular complexity index is 406. The van der Waals surface area contributed by atoms with E-state index in [1.54, 1.807) is 0 Å². The fraction of sp³-hybridized carbons (Fsp3) is 0.100. The first-order valence-electron chi connectivity index (χ1n) is 3.90. The van der Waals surface area contributed by atoms with E-state index in [4.69, 9.17) is 0 Å². The molecule has 0 aliphatic heterocycles. The molecule has 0 aliphatic rings. The van der Waals surface area contributed by atoms with Crippen molar-refractivity contribution in [3.8, 4) is 0 Å². The summed E-state index contributed by atoms with van der Waals surface area (Å²) in [5.74, 6) is -2.42. The first-order chi connectivity index (χ1) is 6.88. The van der Waals surface area contributed by atoms with Gasteiger partial charge in [-0.1, -0.05) is 18.7 Å². The Kier molecular flexibility index (Phi) is 2.93. The smallest absolute Gasteiger partial charge is 0.289 e. The summed E-state index contributed by atoms with van der Waals surface area (Å²) in [7, 11) is 0. The molecule has 15 heavy (non-hydrogen) atoms. The van der Waals surface area contributed by atoms with Gasteiger partial charge in [0.1, 0.15) is 11.4 Å². The zero-order valence-electron chi connectivity index (χ0n) is 7.44. The maximum Gasteiger partial charge on any atom is 0.419 e. The van der Waals surface area contributed by atoms with Crippen LogP contribution in [-0.4, -0.2) is 5.78 Å². The maximum absolute atomic E-state index is 12.9. The molecular weight excluding hydrogens is 212 g/mol. The Morgan fingerprint density at radius 3 is 2.40 bits per heavy atom. The summed E-state index contributed by atoms with van der Waals surface area (Å²) < 4.78 is 50.1. The lowest BCUT2D eigenvalue weighted by atomic mass is 10.0. The molecule has 0 unspecified atom stereocenters. The van der Waals surface area contributed by atoms with Gasteiger partial charge in [0.15, 0.2) is 5.78 Å². The molecule has 80 valence electrons. The zero-order valence-corrected chi connectivity index (χ0v) is 7.44. The van der Waals surface area contributed by atoms with Crippen LogP contribution in [0.3, 0.4) is 0 Å². The Morgan fingerprint density at radius 1 is 1.33 bits per heavy atom. The fourth-order valence-corrected chi connectivity index (χ4v) is 1.13. The second-order valence-electron chi connectivity index (χ2n) is 2.73. The Hall–Kier alpha value is -1.65. The normalized spacial score (nSPS) is 11.2. The maximum atomic E-state index is 12.9. The second kappa shape index (κ2) is 3.84.